The SMILES string of the molecule is CC(C)(C)OC(=O)CCCCCCCCCCCCCCCOc1ccc(S(=O)(=O)Nc2ccc(C(=O)O)cn2)c(Cl)c1Cl. The van der Waals surface area contributed by atoms with E-state index in [4.69, 9.17) is 37.8 Å². The minimum Gasteiger partial charge on any atom is -0.492 e. The fraction of sp³-hybridized carbons (Fsp3) is 0.594. The molecule has 0 amide bonds. The van der Waals surface area contributed by atoms with Crippen LogP contribution in [-0.2, 0) is 19.6 Å². The summed E-state index contributed by atoms with van der Waals surface area (Å²) >= 11 is 12.6. The number of pyridine rings is 1. The molecule has 0 saturated heterocycles. The summed E-state index contributed by atoms with van der Waals surface area (Å²) in [6.07, 6.45) is 16.4. The van der Waals surface area contributed by atoms with Crippen molar-refractivity contribution in [3.8, 4) is 5.75 Å². The lowest BCUT2D eigenvalue weighted by molar-refractivity contribution is -0.154. The fourth-order valence-corrected chi connectivity index (χ4v) is 6.32. The van der Waals surface area contributed by atoms with Crippen LogP contribution in [0.3, 0.4) is 0 Å². The number of rotatable bonds is 21. The molecular weight excluding hydrogens is 627 g/mol. The Labute approximate surface area is 272 Å². The van der Waals surface area contributed by atoms with Crippen molar-refractivity contribution in [1.82, 2.24) is 4.98 Å². The van der Waals surface area contributed by atoms with Crippen LogP contribution in [0.5, 0.6) is 5.75 Å². The van der Waals surface area contributed by atoms with Crippen molar-refractivity contribution in [2.45, 2.75) is 121 Å². The molecule has 0 aliphatic rings. The lowest BCUT2D eigenvalue weighted by atomic mass is 10.0. The maximum absolute atomic E-state index is 12.8. The van der Waals surface area contributed by atoms with Gasteiger partial charge in [-0.05, 0) is 57.9 Å². The number of hydrogen-bond acceptors (Lipinski definition) is 7. The van der Waals surface area contributed by atoms with E-state index < -0.39 is 21.6 Å². The molecule has 2 N–H and O–H groups in total. The summed E-state index contributed by atoms with van der Waals surface area (Å²) in [7, 11) is -4.12. The van der Waals surface area contributed by atoms with E-state index >= 15 is 0 Å². The molecule has 0 saturated carbocycles. The van der Waals surface area contributed by atoms with Crippen LogP contribution in [-0.4, -0.2) is 42.7 Å². The number of carbonyl (C=O) groups is 2. The number of aromatic carboxylic acids is 1. The van der Waals surface area contributed by atoms with Crippen LogP contribution in [0.4, 0.5) is 5.82 Å². The molecule has 1 heterocycles. The average molecular weight is 674 g/mol. The van der Waals surface area contributed by atoms with Gasteiger partial charge in [-0.3, -0.25) is 9.52 Å². The summed E-state index contributed by atoms with van der Waals surface area (Å²) in [5.41, 5.74) is -0.470. The van der Waals surface area contributed by atoms with Gasteiger partial charge >= 0.3 is 11.9 Å². The van der Waals surface area contributed by atoms with Crippen LogP contribution >= 0.6 is 23.2 Å². The van der Waals surface area contributed by atoms with Gasteiger partial charge in [0.1, 0.15) is 27.1 Å². The first-order valence-electron chi connectivity index (χ1n) is 15.3. The van der Waals surface area contributed by atoms with Crippen molar-refractivity contribution in [3.05, 3.63) is 46.1 Å². The Morgan fingerprint density at radius 1 is 0.818 bits per heavy atom. The minimum atomic E-state index is -4.12. The molecule has 1 aromatic carbocycles. The second-order valence-electron chi connectivity index (χ2n) is 11.8. The van der Waals surface area contributed by atoms with E-state index in [1.165, 1.54) is 75.6 Å². The lowest BCUT2D eigenvalue weighted by Crippen LogP contribution is -2.23. The van der Waals surface area contributed by atoms with Gasteiger partial charge in [-0.2, -0.15) is 0 Å². The maximum atomic E-state index is 12.8. The molecular formula is C32H46Cl2N2O7S. The molecule has 44 heavy (non-hydrogen) atoms. The highest BCUT2D eigenvalue weighted by atomic mass is 35.5. The predicted molar refractivity (Wildman–Crippen MR) is 174 cm³/mol. The van der Waals surface area contributed by atoms with E-state index in [9.17, 15) is 18.0 Å². The van der Waals surface area contributed by atoms with Crippen molar-refractivity contribution >= 4 is 51.0 Å². The number of esters is 1. The molecule has 0 atom stereocenters. The Morgan fingerprint density at radius 2 is 1.36 bits per heavy atom. The van der Waals surface area contributed by atoms with Crippen molar-refractivity contribution in [2.75, 3.05) is 11.3 Å². The first-order valence-corrected chi connectivity index (χ1v) is 17.6. The van der Waals surface area contributed by atoms with E-state index in [1.54, 1.807) is 0 Å². The van der Waals surface area contributed by atoms with Crippen molar-refractivity contribution in [3.63, 3.8) is 0 Å². The topological polar surface area (TPSA) is 132 Å². The highest BCUT2D eigenvalue weighted by Gasteiger charge is 2.23. The number of aromatic nitrogens is 1. The Morgan fingerprint density at radius 3 is 1.86 bits per heavy atom. The molecule has 1 aromatic heterocycles. The average Bonchev–Trinajstić information content (AvgIpc) is 2.94. The normalized spacial score (nSPS) is 11.8. The third kappa shape index (κ3) is 14.5. The van der Waals surface area contributed by atoms with Crippen LogP contribution in [0.1, 0.15) is 121 Å². The number of hydrogen-bond donors (Lipinski definition) is 2. The second-order valence-corrected chi connectivity index (χ2v) is 14.2. The number of carboxylic acid groups (broad SMARTS) is 1. The zero-order valence-corrected chi connectivity index (χ0v) is 28.3. The number of halogens is 2. The van der Waals surface area contributed by atoms with Gasteiger partial charge in [-0.1, -0.05) is 93.8 Å². The van der Waals surface area contributed by atoms with Crippen LogP contribution in [0, 0.1) is 0 Å². The number of benzene rings is 1. The van der Waals surface area contributed by atoms with Crippen molar-refractivity contribution in [1.29, 1.82) is 0 Å². The fourth-order valence-electron chi connectivity index (χ4n) is 4.50. The van der Waals surface area contributed by atoms with Crippen molar-refractivity contribution in [2.24, 2.45) is 0 Å². The van der Waals surface area contributed by atoms with Crippen LogP contribution in [0.25, 0.3) is 0 Å². The highest BCUT2D eigenvalue weighted by Crippen LogP contribution is 2.37. The number of anilines is 1. The van der Waals surface area contributed by atoms with E-state index in [-0.39, 0.29) is 32.3 Å². The monoisotopic (exact) mass is 672 g/mol. The Bertz CT molecular complexity index is 1300. The summed E-state index contributed by atoms with van der Waals surface area (Å²) in [4.78, 5) is 26.2. The number of nitrogens with one attached hydrogen (secondary N) is 1. The van der Waals surface area contributed by atoms with E-state index in [0.717, 1.165) is 38.3 Å². The summed E-state index contributed by atoms with van der Waals surface area (Å²) in [6, 6.07) is 5.26. The first kappa shape index (κ1) is 37.6. The number of carbonyl (C=O) groups excluding carboxylic acids is 1. The molecule has 9 nitrogen and oxygen atoms in total. The van der Waals surface area contributed by atoms with Gasteiger partial charge < -0.3 is 14.6 Å². The van der Waals surface area contributed by atoms with Gasteiger partial charge in [0.05, 0.1) is 17.2 Å². The molecule has 246 valence electrons. The number of sulfonamides is 1. The van der Waals surface area contributed by atoms with Gasteiger partial charge in [0.15, 0.2) is 0 Å². The lowest BCUT2D eigenvalue weighted by Gasteiger charge is -2.19. The summed E-state index contributed by atoms with van der Waals surface area (Å²) in [5, 5.41) is 8.79. The second kappa shape index (κ2) is 19.1. The molecule has 12 heteroatoms. The van der Waals surface area contributed by atoms with Crippen LogP contribution in [0.2, 0.25) is 10.0 Å². The first-order chi connectivity index (χ1) is 20.8. The number of unbranched alkanes of at least 4 members (excludes halogenated alkanes) is 12. The highest BCUT2D eigenvalue weighted by molar-refractivity contribution is 7.92. The van der Waals surface area contributed by atoms with Crippen LogP contribution in [0.15, 0.2) is 35.4 Å². The quantitative estimate of drug-likeness (QED) is 0.0991. The van der Waals surface area contributed by atoms with Gasteiger partial charge in [0.2, 0.25) is 0 Å². The van der Waals surface area contributed by atoms with Gasteiger partial charge in [-0.15, -0.1) is 0 Å². The summed E-state index contributed by atoms with van der Waals surface area (Å²) in [6.45, 7) is 6.13. The minimum absolute atomic E-state index is 0.00419. The number of nitrogens with zero attached hydrogens (tertiary/aromatic N) is 1. The number of ether oxygens (including phenoxy) is 2. The molecule has 2 rings (SSSR count). The van der Waals surface area contributed by atoms with Gasteiger partial charge in [0, 0.05) is 12.6 Å². The largest absolute Gasteiger partial charge is 0.492 e. The van der Waals surface area contributed by atoms with Gasteiger partial charge in [-0.25, -0.2) is 18.2 Å². The van der Waals surface area contributed by atoms with Crippen LogP contribution < -0.4 is 9.46 Å². The third-order valence-corrected chi connectivity index (χ3v) is 9.13. The molecule has 2 aromatic rings. The Hall–Kier alpha value is -2.56. The zero-order valence-electron chi connectivity index (χ0n) is 26.0. The summed E-state index contributed by atoms with van der Waals surface area (Å²) < 4.78 is 39.0. The molecule has 0 radical (unpaired) electrons. The maximum Gasteiger partial charge on any atom is 0.337 e. The Kier molecular flexibility index (Phi) is 16.3. The molecule has 0 aliphatic carbocycles. The zero-order chi connectivity index (χ0) is 32.6. The molecule has 0 bridgehead atoms. The molecule has 0 spiro atoms. The summed E-state index contributed by atoms with van der Waals surface area (Å²) in [5.74, 6) is -1.01. The Balaban J connectivity index is 1.54. The standard InChI is InChI=1S/C32H46Cl2N2O7S/c1-32(2,3)43-28(37)17-15-13-11-9-7-5-4-6-8-10-12-14-16-22-42-25-19-20-26(30(34)29(25)33)44(40,41)36-27-21-18-24(23-35-27)31(38)39/h18-21,23H,4-17,22H2,1-3H3,(H,35,36)(H,38,39). The third-order valence-electron chi connectivity index (χ3n) is 6.75. The molecule has 0 fully saturated rings. The van der Waals surface area contributed by atoms with Gasteiger partial charge in [0.25, 0.3) is 10.0 Å². The van der Waals surface area contributed by atoms with Crippen molar-refractivity contribution < 1.29 is 32.6 Å². The molecule has 0 aliphatic heterocycles. The molecule has 0 unspecified atom stereocenters. The van der Waals surface area contributed by atoms with E-state index in [2.05, 4.69) is 9.71 Å². The predicted octanol–water partition coefficient (Wildman–Crippen LogP) is 9.07. The van der Waals surface area contributed by atoms with E-state index in [1.807, 2.05) is 20.8 Å². The number of carboxylic acids is 1. The smallest absolute Gasteiger partial charge is 0.337 e. The van der Waals surface area contributed by atoms with E-state index in [0.29, 0.717) is 18.8 Å².